The number of benzene rings is 4. The van der Waals surface area contributed by atoms with Gasteiger partial charge in [0.15, 0.2) is 0 Å². The highest BCUT2D eigenvalue weighted by Crippen LogP contribution is 2.26. The number of rotatable bonds is 4. The summed E-state index contributed by atoms with van der Waals surface area (Å²) in [4.78, 5) is 44.8. The highest BCUT2D eigenvalue weighted by atomic mass is 35.7. The van der Waals surface area contributed by atoms with Gasteiger partial charge >= 0.3 is 9.24 Å². The van der Waals surface area contributed by atoms with E-state index in [4.69, 9.17) is 26.3 Å². The number of nitriles is 3. The molecule has 0 fully saturated rings. The van der Waals surface area contributed by atoms with E-state index < -0.39 is 24.0 Å². The molecule has 0 unspecified atom stereocenters. The van der Waals surface area contributed by atoms with E-state index in [1.54, 1.807) is 42.2 Å². The number of halogens is 1. The van der Waals surface area contributed by atoms with Crippen molar-refractivity contribution in [3.8, 4) is 18.2 Å². The number of nitro groups is 3. The minimum Gasteiger partial charge on any atom is -0.399 e. The van der Waals surface area contributed by atoms with E-state index in [1.807, 2.05) is 54.2 Å². The van der Waals surface area contributed by atoms with Crippen molar-refractivity contribution in [2.75, 3.05) is 5.73 Å². The summed E-state index contributed by atoms with van der Waals surface area (Å²) in [7, 11) is 4.04. The Bertz CT molecular complexity index is 3280. The molecule has 0 saturated heterocycles. The molecule has 61 heavy (non-hydrogen) atoms. The zero-order valence-electron chi connectivity index (χ0n) is 31.4. The maximum Gasteiger partial charge on any atom is 0.350 e. The maximum absolute atomic E-state index is 10.6. The lowest BCUT2D eigenvalue weighted by Crippen LogP contribution is -1.89. The van der Waals surface area contributed by atoms with Crippen LogP contribution in [0.1, 0.15) is 18.1 Å². The Morgan fingerprint density at radius 2 is 1.16 bits per heavy atom. The van der Waals surface area contributed by atoms with Crippen LogP contribution in [0, 0.1) is 64.3 Å². The number of aromatic amines is 2. The average Bonchev–Trinajstić information content (AvgIpc) is 4.02. The lowest BCUT2D eigenvalue weighted by atomic mass is 10.2. The lowest BCUT2D eigenvalue weighted by Gasteiger charge is -1.96. The van der Waals surface area contributed by atoms with E-state index in [2.05, 4.69) is 31.1 Å². The number of isocyanates is 1. The van der Waals surface area contributed by atoms with Crippen molar-refractivity contribution in [3.05, 3.63) is 151 Å². The third-order valence-electron chi connectivity index (χ3n) is 8.33. The van der Waals surface area contributed by atoms with Crippen LogP contribution in [-0.4, -0.2) is 48.4 Å². The predicted octanol–water partition coefficient (Wildman–Crippen LogP) is 7.67. The molecule has 0 bridgehead atoms. The molecular weight excluding hydrogens is 836 g/mol. The number of hydrogen-bond donors (Lipinski definition) is 3. The fourth-order valence-electron chi connectivity index (χ4n) is 5.58. The molecule has 8 aromatic rings. The van der Waals surface area contributed by atoms with Gasteiger partial charge in [0, 0.05) is 109 Å². The predicted molar refractivity (Wildman–Crippen MR) is 226 cm³/mol. The van der Waals surface area contributed by atoms with Gasteiger partial charge in [-0.25, -0.2) is 4.79 Å². The van der Waals surface area contributed by atoms with Crippen LogP contribution in [0.15, 0.2) is 108 Å². The minimum absolute atomic E-state index is 0. The molecule has 0 aliphatic rings. The van der Waals surface area contributed by atoms with Crippen molar-refractivity contribution >= 4 is 92.4 Å². The number of nitrogens with zero attached hydrogens (tertiary/aromatic N) is 9. The molecule has 0 aliphatic heterocycles. The van der Waals surface area contributed by atoms with Crippen molar-refractivity contribution < 1.29 is 29.4 Å². The Labute approximate surface area is 348 Å². The number of aromatic nitrogens is 4. The van der Waals surface area contributed by atoms with Crippen LogP contribution >= 0.6 is 10.7 Å². The molecule has 23 heteroatoms. The monoisotopic (exact) mass is 864 g/mol. The molecule has 4 aromatic heterocycles. The Kier molecular flexibility index (Phi) is 14.3. The number of hydrogen-bond acceptors (Lipinski definition) is 13. The fraction of sp³-hybridized carbons (Fsp3) is 0.0526. The Morgan fingerprint density at radius 1 is 0.689 bits per heavy atom. The summed E-state index contributed by atoms with van der Waals surface area (Å²) in [6.45, 7) is 0. The second kappa shape index (κ2) is 19.5. The second-order valence-corrected chi connectivity index (χ2v) is 14.3. The Hall–Kier alpha value is -8.87. The van der Waals surface area contributed by atoms with E-state index in [-0.39, 0.29) is 18.5 Å². The van der Waals surface area contributed by atoms with Gasteiger partial charge in [-0.3, -0.25) is 30.3 Å². The molecule has 21 nitrogen and oxygen atoms in total. The number of H-pyrrole nitrogens is 2. The van der Waals surface area contributed by atoms with Gasteiger partial charge < -0.3 is 24.8 Å². The molecule has 0 aliphatic carbocycles. The van der Waals surface area contributed by atoms with E-state index >= 15 is 0 Å². The summed E-state index contributed by atoms with van der Waals surface area (Å²) in [5.74, 6) is 0. The summed E-state index contributed by atoms with van der Waals surface area (Å²) in [5.41, 5.74) is 11.3. The molecule has 308 valence electrons. The van der Waals surface area contributed by atoms with Crippen LogP contribution in [0.5, 0.6) is 0 Å². The molecule has 4 N–H and O–H groups in total. The molecule has 0 amide bonds. The molecule has 0 spiro atoms. The summed E-state index contributed by atoms with van der Waals surface area (Å²) in [5, 5.41) is 61.1. The summed E-state index contributed by atoms with van der Waals surface area (Å²) < 4.78 is 24.9. The van der Waals surface area contributed by atoms with E-state index in [1.165, 1.54) is 42.6 Å². The highest BCUT2D eigenvalue weighted by Gasteiger charge is 2.12. The van der Waals surface area contributed by atoms with Crippen molar-refractivity contribution in [3.63, 3.8) is 0 Å². The van der Waals surface area contributed by atoms with E-state index in [0.29, 0.717) is 33.1 Å². The third-order valence-corrected chi connectivity index (χ3v) is 8.83. The van der Waals surface area contributed by atoms with Crippen LogP contribution in [0.4, 0.5) is 22.7 Å². The Balaban J connectivity index is 0.000000209. The SMILES string of the molecule is Cn1cc(C#N)c2ccc(N)cc21.Cn1cc(C#N)c2ccc([N+](=O)[O-])cc21.N#Cc1c[nH]c2cc([N+](=O)[O-])ccc12.O=C=NS(=O)(=O)Cl.O=[N+]([O-])c1ccc2cc[nH]c2c1.[HH]. The lowest BCUT2D eigenvalue weighted by molar-refractivity contribution is -0.384. The number of carbonyl (C=O) groups excluding carboxylic acids is 1. The first-order chi connectivity index (χ1) is 28.9. The number of nitro benzene ring substituents is 3. The van der Waals surface area contributed by atoms with Gasteiger partial charge in [0.25, 0.3) is 23.1 Å². The molecule has 4 aromatic carbocycles. The number of anilines is 1. The molecule has 0 atom stereocenters. The number of nitrogen functional groups attached to an aromatic ring is 1. The molecular formula is C38H29ClN12O9S. The summed E-state index contributed by atoms with van der Waals surface area (Å²) in [6, 6.07) is 27.2. The topological polar surface area (TPSA) is 332 Å². The van der Waals surface area contributed by atoms with Crippen LogP contribution < -0.4 is 5.73 Å². The first-order valence-electron chi connectivity index (χ1n) is 16.7. The smallest absolute Gasteiger partial charge is 0.350 e. The van der Waals surface area contributed by atoms with Gasteiger partial charge in [0.2, 0.25) is 0 Å². The normalized spacial score (nSPS) is 10.1. The number of fused-ring (bicyclic) bond motifs is 4. The van der Waals surface area contributed by atoms with Gasteiger partial charge in [0.1, 0.15) is 18.2 Å². The van der Waals surface area contributed by atoms with Gasteiger partial charge in [-0.2, -0.15) is 24.2 Å². The highest BCUT2D eigenvalue weighted by molar-refractivity contribution is 8.12. The van der Waals surface area contributed by atoms with Crippen LogP contribution in [0.25, 0.3) is 43.6 Å². The van der Waals surface area contributed by atoms with E-state index in [9.17, 15) is 38.8 Å². The Morgan fingerprint density at radius 3 is 1.66 bits per heavy atom. The largest absolute Gasteiger partial charge is 0.399 e. The number of non-ortho nitro benzene ring substituents is 3. The van der Waals surface area contributed by atoms with Gasteiger partial charge in [0.05, 0.1) is 53.5 Å². The van der Waals surface area contributed by atoms with Crippen molar-refractivity contribution in [1.82, 2.24) is 19.1 Å². The molecule has 0 radical (unpaired) electrons. The van der Waals surface area contributed by atoms with E-state index in [0.717, 1.165) is 39.0 Å². The standard InChI is InChI=1S/C10H7N3O2.C10H9N3.C9H5N3O2.C8H6N2O2.CClNO3S.H2/c1-12-6-7(5-11)9-3-2-8(13(14)15)4-10(9)12;1-13-6-7(5-11)9-3-2-8(12)4-10(9)13;10-4-6-5-11-9-3-7(12(13)14)1-2-8(6)9;11-10(12)7-2-1-6-3-4-9-8(6)5-7;2-7(5,6)3-1-4;/h2-4,6H,1H3;2-4,6H,12H2,1H3;1-3,5,11H;1-5,9H;;1H. The minimum atomic E-state index is -4.00. The fourth-order valence-corrected chi connectivity index (χ4v) is 5.75. The van der Waals surface area contributed by atoms with Gasteiger partial charge in [-0.1, -0.05) is 4.40 Å². The van der Waals surface area contributed by atoms with Crippen LogP contribution in [0.3, 0.4) is 0 Å². The number of aryl methyl sites for hydroxylation is 2. The third kappa shape index (κ3) is 11.4. The zero-order chi connectivity index (χ0) is 45.0. The second-order valence-electron chi connectivity index (χ2n) is 12.2. The first-order valence-corrected chi connectivity index (χ1v) is 19.0. The molecule has 0 saturated carbocycles. The first kappa shape index (κ1) is 44.8. The van der Waals surface area contributed by atoms with Crippen LogP contribution in [-0.2, 0) is 28.1 Å². The number of nitrogens with one attached hydrogen (secondary N) is 2. The molecule has 4 heterocycles. The van der Waals surface area contributed by atoms with Crippen molar-refractivity contribution in [2.45, 2.75) is 0 Å². The number of nitrogens with two attached hydrogens (primary N) is 1. The molecule has 8 rings (SSSR count). The summed E-state index contributed by atoms with van der Waals surface area (Å²) in [6.07, 6.45) is 7.53. The zero-order valence-corrected chi connectivity index (χ0v) is 33.0. The van der Waals surface area contributed by atoms with Crippen molar-refractivity contribution in [1.29, 1.82) is 15.8 Å². The van der Waals surface area contributed by atoms with Gasteiger partial charge in [-0.05, 0) is 47.9 Å². The summed E-state index contributed by atoms with van der Waals surface area (Å²) >= 11 is 0. The van der Waals surface area contributed by atoms with Gasteiger partial charge in [-0.15, -0.1) is 0 Å². The van der Waals surface area contributed by atoms with Crippen LogP contribution in [0.2, 0.25) is 0 Å². The van der Waals surface area contributed by atoms with Crippen molar-refractivity contribution in [2.24, 2.45) is 18.5 Å². The average molecular weight is 865 g/mol. The maximum atomic E-state index is 10.6. The quantitative estimate of drug-likeness (QED) is 0.0382.